The summed E-state index contributed by atoms with van der Waals surface area (Å²) in [4.78, 5) is 20.4. The average molecular weight is 315 g/mol. The first-order chi connectivity index (χ1) is 11.2. The highest BCUT2D eigenvalue weighted by Gasteiger charge is 2.20. The zero-order valence-electron chi connectivity index (χ0n) is 12.6. The molecule has 0 spiro atoms. The molecule has 3 aromatic rings. The number of ether oxygens (including phenoxy) is 2. The third-order valence-corrected chi connectivity index (χ3v) is 3.29. The normalized spacial score (nSPS) is 10.7. The minimum atomic E-state index is -0.584. The highest BCUT2D eigenvalue weighted by molar-refractivity contribution is 5.89. The topological polar surface area (TPSA) is 65.7 Å². The molecule has 0 atom stereocenters. The molecule has 0 saturated carbocycles. The van der Waals surface area contributed by atoms with Crippen molar-refractivity contribution in [2.24, 2.45) is 0 Å². The SMILES string of the molecule is CCOC(=O)c1cn2ccnc2c(-c2c(F)cccc2OC)n1. The quantitative estimate of drug-likeness (QED) is 0.693. The van der Waals surface area contributed by atoms with Crippen molar-refractivity contribution in [3.05, 3.63) is 48.3 Å². The van der Waals surface area contributed by atoms with Gasteiger partial charge in [0.25, 0.3) is 0 Å². The van der Waals surface area contributed by atoms with Gasteiger partial charge in [0.05, 0.1) is 19.3 Å². The molecule has 0 aliphatic carbocycles. The molecule has 2 aromatic heterocycles. The molecule has 0 N–H and O–H groups in total. The Hall–Kier alpha value is -2.96. The Morgan fingerprint density at radius 1 is 1.39 bits per heavy atom. The van der Waals surface area contributed by atoms with E-state index in [4.69, 9.17) is 9.47 Å². The lowest BCUT2D eigenvalue weighted by Gasteiger charge is -2.11. The van der Waals surface area contributed by atoms with Crippen molar-refractivity contribution in [3.8, 4) is 17.0 Å². The zero-order valence-corrected chi connectivity index (χ0v) is 12.6. The minimum Gasteiger partial charge on any atom is -0.496 e. The molecular formula is C16H14FN3O3. The smallest absolute Gasteiger partial charge is 0.358 e. The molecule has 0 fully saturated rings. The predicted molar refractivity (Wildman–Crippen MR) is 80.9 cm³/mol. The lowest BCUT2D eigenvalue weighted by molar-refractivity contribution is 0.0519. The molecule has 2 heterocycles. The van der Waals surface area contributed by atoms with Crippen LogP contribution in [-0.4, -0.2) is 34.1 Å². The van der Waals surface area contributed by atoms with Gasteiger partial charge in [-0.05, 0) is 19.1 Å². The summed E-state index contributed by atoms with van der Waals surface area (Å²) >= 11 is 0. The van der Waals surface area contributed by atoms with Gasteiger partial charge in [-0.2, -0.15) is 0 Å². The fraction of sp³-hybridized carbons (Fsp3) is 0.188. The van der Waals surface area contributed by atoms with E-state index < -0.39 is 11.8 Å². The number of methoxy groups -OCH3 is 1. The second-order valence-electron chi connectivity index (χ2n) is 4.67. The summed E-state index contributed by atoms with van der Waals surface area (Å²) in [5, 5.41) is 0. The van der Waals surface area contributed by atoms with Crippen molar-refractivity contribution < 1.29 is 18.7 Å². The Morgan fingerprint density at radius 3 is 2.96 bits per heavy atom. The summed E-state index contributed by atoms with van der Waals surface area (Å²) in [5.41, 5.74) is 0.854. The number of aromatic nitrogens is 3. The molecule has 0 saturated heterocycles. The lowest BCUT2D eigenvalue weighted by atomic mass is 10.1. The number of fused-ring (bicyclic) bond motifs is 1. The van der Waals surface area contributed by atoms with Crippen LogP contribution >= 0.6 is 0 Å². The maximum absolute atomic E-state index is 14.4. The maximum atomic E-state index is 14.4. The Labute approximate surface area is 131 Å². The fourth-order valence-electron chi connectivity index (χ4n) is 2.31. The van der Waals surface area contributed by atoms with Crippen molar-refractivity contribution >= 4 is 11.6 Å². The zero-order chi connectivity index (χ0) is 16.4. The molecule has 7 heteroatoms. The number of esters is 1. The highest BCUT2D eigenvalue weighted by Crippen LogP contribution is 2.33. The number of hydrogen-bond donors (Lipinski definition) is 0. The fourth-order valence-corrected chi connectivity index (χ4v) is 2.31. The summed E-state index contributed by atoms with van der Waals surface area (Å²) in [6.45, 7) is 1.93. The van der Waals surface area contributed by atoms with Gasteiger partial charge in [0.1, 0.15) is 17.3 Å². The Bertz CT molecular complexity index is 876. The van der Waals surface area contributed by atoms with Gasteiger partial charge < -0.3 is 13.9 Å². The Balaban J connectivity index is 2.29. The summed E-state index contributed by atoms with van der Waals surface area (Å²) in [7, 11) is 1.44. The van der Waals surface area contributed by atoms with Gasteiger partial charge in [0, 0.05) is 18.6 Å². The summed E-state index contributed by atoms with van der Waals surface area (Å²) in [5.74, 6) is -0.786. The molecule has 1 aromatic carbocycles. The number of imidazole rings is 1. The second kappa shape index (κ2) is 6.04. The first-order valence-electron chi connectivity index (χ1n) is 6.99. The maximum Gasteiger partial charge on any atom is 0.358 e. The summed E-state index contributed by atoms with van der Waals surface area (Å²) in [6.07, 6.45) is 4.69. The number of carbonyl (C=O) groups excluding carboxylic acids is 1. The van der Waals surface area contributed by atoms with Crippen molar-refractivity contribution in [2.45, 2.75) is 6.92 Å². The first kappa shape index (κ1) is 15.0. The molecular weight excluding hydrogens is 301 g/mol. The molecule has 118 valence electrons. The van der Waals surface area contributed by atoms with E-state index in [1.54, 1.807) is 29.8 Å². The molecule has 0 amide bonds. The van der Waals surface area contributed by atoms with Crippen LogP contribution in [0.25, 0.3) is 16.9 Å². The molecule has 23 heavy (non-hydrogen) atoms. The van der Waals surface area contributed by atoms with E-state index in [2.05, 4.69) is 9.97 Å². The molecule has 0 unspecified atom stereocenters. The van der Waals surface area contributed by atoms with Gasteiger partial charge >= 0.3 is 5.97 Å². The van der Waals surface area contributed by atoms with Crippen molar-refractivity contribution in [1.82, 2.24) is 14.4 Å². The monoisotopic (exact) mass is 315 g/mol. The second-order valence-corrected chi connectivity index (χ2v) is 4.67. The van der Waals surface area contributed by atoms with Crippen LogP contribution in [0.5, 0.6) is 5.75 Å². The van der Waals surface area contributed by atoms with Crippen LogP contribution in [0, 0.1) is 5.82 Å². The van der Waals surface area contributed by atoms with Crippen molar-refractivity contribution in [1.29, 1.82) is 0 Å². The van der Waals surface area contributed by atoms with Gasteiger partial charge in [-0.3, -0.25) is 0 Å². The number of benzene rings is 1. The number of rotatable bonds is 4. The number of nitrogens with zero attached hydrogens (tertiary/aromatic N) is 3. The summed E-state index contributed by atoms with van der Waals surface area (Å²) < 4.78 is 26.2. The third-order valence-electron chi connectivity index (χ3n) is 3.29. The number of carbonyl (C=O) groups is 1. The van der Waals surface area contributed by atoms with Crippen LogP contribution in [0.3, 0.4) is 0 Å². The molecule has 0 aliphatic rings. The van der Waals surface area contributed by atoms with Crippen LogP contribution in [0.1, 0.15) is 17.4 Å². The Kier molecular flexibility index (Phi) is 3.92. The van der Waals surface area contributed by atoms with Crippen LogP contribution in [0.4, 0.5) is 4.39 Å². The molecule has 3 rings (SSSR count). The van der Waals surface area contributed by atoms with Crippen LogP contribution in [0.2, 0.25) is 0 Å². The number of halogens is 1. The first-order valence-corrected chi connectivity index (χ1v) is 6.99. The number of hydrogen-bond acceptors (Lipinski definition) is 5. The van der Waals surface area contributed by atoms with Gasteiger partial charge in [-0.15, -0.1) is 0 Å². The van der Waals surface area contributed by atoms with Gasteiger partial charge in [-0.25, -0.2) is 19.2 Å². The standard InChI is InChI=1S/C16H14FN3O3/c1-3-23-16(21)11-9-20-8-7-18-15(20)14(19-11)13-10(17)5-4-6-12(13)22-2/h4-9H,3H2,1-2H3. The molecule has 0 radical (unpaired) electrons. The van der Waals surface area contributed by atoms with Crippen LogP contribution in [0.15, 0.2) is 36.8 Å². The highest BCUT2D eigenvalue weighted by atomic mass is 19.1. The van der Waals surface area contributed by atoms with E-state index in [0.717, 1.165) is 0 Å². The molecule has 0 aliphatic heterocycles. The lowest BCUT2D eigenvalue weighted by Crippen LogP contribution is -2.10. The molecule has 0 bridgehead atoms. The Morgan fingerprint density at radius 2 is 2.22 bits per heavy atom. The largest absolute Gasteiger partial charge is 0.496 e. The van der Waals surface area contributed by atoms with E-state index in [1.165, 1.54) is 25.4 Å². The van der Waals surface area contributed by atoms with Gasteiger partial charge in [0.15, 0.2) is 11.3 Å². The average Bonchev–Trinajstić information content (AvgIpc) is 3.02. The van der Waals surface area contributed by atoms with E-state index in [0.29, 0.717) is 11.4 Å². The molecule has 6 nitrogen and oxygen atoms in total. The minimum absolute atomic E-state index is 0.0673. The van der Waals surface area contributed by atoms with Crippen molar-refractivity contribution in [3.63, 3.8) is 0 Å². The third kappa shape index (κ3) is 2.61. The predicted octanol–water partition coefficient (Wildman–Crippen LogP) is 2.72. The van der Waals surface area contributed by atoms with Crippen molar-refractivity contribution in [2.75, 3.05) is 13.7 Å². The van der Waals surface area contributed by atoms with Gasteiger partial charge in [-0.1, -0.05) is 6.07 Å². The van der Waals surface area contributed by atoms with Crippen LogP contribution in [-0.2, 0) is 4.74 Å². The van der Waals surface area contributed by atoms with Gasteiger partial charge in [0.2, 0.25) is 0 Å². The van der Waals surface area contributed by atoms with Crippen LogP contribution < -0.4 is 4.74 Å². The van der Waals surface area contributed by atoms with E-state index >= 15 is 0 Å². The van der Waals surface area contributed by atoms with E-state index in [9.17, 15) is 9.18 Å². The van der Waals surface area contributed by atoms with E-state index in [1.807, 2.05) is 0 Å². The summed E-state index contributed by atoms with van der Waals surface area (Å²) in [6, 6.07) is 4.46. The van der Waals surface area contributed by atoms with E-state index in [-0.39, 0.29) is 23.6 Å².